The van der Waals surface area contributed by atoms with Gasteiger partial charge in [-0.3, -0.25) is 9.59 Å². The summed E-state index contributed by atoms with van der Waals surface area (Å²) in [6.45, 7) is 6.35. The fourth-order valence-corrected chi connectivity index (χ4v) is 7.79. The van der Waals surface area contributed by atoms with E-state index in [0.29, 0.717) is 55.2 Å². The molecule has 0 radical (unpaired) electrons. The van der Waals surface area contributed by atoms with Crippen LogP contribution in [0, 0.1) is 5.41 Å². The summed E-state index contributed by atoms with van der Waals surface area (Å²) in [5.41, 5.74) is -0.879. The van der Waals surface area contributed by atoms with Gasteiger partial charge in [-0.15, -0.1) is 6.58 Å². The first-order valence-electron chi connectivity index (χ1n) is 15.5. The van der Waals surface area contributed by atoms with E-state index in [1.54, 1.807) is 42.5 Å². The van der Waals surface area contributed by atoms with E-state index in [9.17, 15) is 23.1 Å². The molecular weight excluding hydrogens is 624 g/mol. The van der Waals surface area contributed by atoms with Crippen LogP contribution in [0.25, 0.3) is 0 Å². The number of carbonyl (C=O) groups excluding carboxylic acids is 2. The number of rotatable bonds is 12. The molecule has 9 nitrogen and oxygen atoms in total. The van der Waals surface area contributed by atoms with Crippen LogP contribution in [0.15, 0.2) is 96.4 Å². The SMILES string of the molecule is C=CCN(C(=O)Cc1ccc(S(=O)(=O)NC)cc1)C1CCN(C[C@@]2(C(=O)c3ccccc3Cl)CNC[C@@]2(O)c2ccccc2)CC1. The summed E-state index contributed by atoms with van der Waals surface area (Å²) < 4.78 is 26.5. The Bertz CT molecular complexity index is 1660. The Hall–Kier alpha value is -3.38. The molecule has 0 spiro atoms. The third-order valence-corrected chi connectivity index (χ3v) is 11.2. The number of piperidine rings is 1. The standard InChI is InChI=1S/C35H41ClN4O5S/c1-3-19-40(32(41)22-26-13-15-29(16-14-26)46(44,45)37-2)28-17-20-39(21-18-28)25-34(33(42)30-11-7-8-12-31(30)36)23-38-24-35(34,43)27-9-5-4-6-10-27/h3-16,28,37-38,43H,1,17-25H2,2H3/t34-,35-/m1/s1. The maximum absolute atomic E-state index is 14.5. The van der Waals surface area contributed by atoms with Gasteiger partial charge >= 0.3 is 0 Å². The van der Waals surface area contributed by atoms with Gasteiger partial charge in [-0.25, -0.2) is 13.1 Å². The first-order valence-corrected chi connectivity index (χ1v) is 17.3. The fourth-order valence-electron chi connectivity index (χ4n) is 6.84. The van der Waals surface area contributed by atoms with Gasteiger partial charge in [0.1, 0.15) is 5.60 Å². The number of hydrogen-bond donors (Lipinski definition) is 3. The van der Waals surface area contributed by atoms with Crippen molar-refractivity contribution in [2.75, 3.05) is 46.3 Å². The average Bonchev–Trinajstić information content (AvgIpc) is 3.41. The van der Waals surface area contributed by atoms with Crippen LogP contribution >= 0.6 is 11.6 Å². The van der Waals surface area contributed by atoms with Gasteiger partial charge < -0.3 is 20.2 Å². The minimum Gasteiger partial charge on any atom is -0.383 e. The van der Waals surface area contributed by atoms with Crippen molar-refractivity contribution in [2.24, 2.45) is 5.41 Å². The van der Waals surface area contributed by atoms with E-state index < -0.39 is 21.0 Å². The largest absolute Gasteiger partial charge is 0.383 e. The third kappa shape index (κ3) is 6.69. The third-order valence-electron chi connectivity index (χ3n) is 9.40. The van der Waals surface area contributed by atoms with Gasteiger partial charge in [0.15, 0.2) is 5.78 Å². The Balaban J connectivity index is 1.33. The van der Waals surface area contributed by atoms with E-state index in [4.69, 9.17) is 11.6 Å². The smallest absolute Gasteiger partial charge is 0.240 e. The molecule has 46 heavy (non-hydrogen) atoms. The molecule has 5 rings (SSSR count). The Labute approximate surface area is 276 Å². The molecule has 2 fully saturated rings. The number of hydrogen-bond acceptors (Lipinski definition) is 7. The molecule has 2 aliphatic heterocycles. The van der Waals surface area contributed by atoms with E-state index in [1.807, 2.05) is 35.2 Å². The van der Waals surface area contributed by atoms with Crippen LogP contribution < -0.4 is 10.0 Å². The first-order chi connectivity index (χ1) is 22.0. The molecule has 2 atom stereocenters. The molecule has 3 N–H and O–H groups in total. The van der Waals surface area contributed by atoms with Crippen molar-refractivity contribution in [3.63, 3.8) is 0 Å². The highest BCUT2D eigenvalue weighted by molar-refractivity contribution is 7.89. The van der Waals surface area contributed by atoms with Gasteiger partial charge in [-0.05, 0) is 55.3 Å². The molecule has 1 amide bonds. The molecule has 0 unspecified atom stereocenters. The predicted molar refractivity (Wildman–Crippen MR) is 179 cm³/mol. The summed E-state index contributed by atoms with van der Waals surface area (Å²) in [6, 6.07) is 22.6. The van der Waals surface area contributed by atoms with Gasteiger partial charge in [0.25, 0.3) is 0 Å². The number of nitrogens with one attached hydrogen (secondary N) is 2. The summed E-state index contributed by atoms with van der Waals surface area (Å²) in [4.78, 5) is 32.2. The maximum Gasteiger partial charge on any atom is 0.240 e. The van der Waals surface area contributed by atoms with Crippen LogP contribution in [0.1, 0.15) is 34.3 Å². The number of aliphatic hydroxyl groups is 1. The van der Waals surface area contributed by atoms with Crippen LogP contribution in [0.2, 0.25) is 5.02 Å². The van der Waals surface area contributed by atoms with E-state index in [2.05, 4.69) is 21.5 Å². The minimum atomic E-state index is -3.56. The van der Waals surface area contributed by atoms with Crippen LogP contribution in [-0.4, -0.2) is 87.4 Å². The van der Waals surface area contributed by atoms with E-state index >= 15 is 0 Å². The highest BCUT2D eigenvalue weighted by atomic mass is 35.5. The van der Waals surface area contributed by atoms with E-state index in [1.165, 1.54) is 19.2 Å². The number of likely N-dealkylation sites (tertiary alicyclic amines) is 1. The van der Waals surface area contributed by atoms with Crippen molar-refractivity contribution in [1.29, 1.82) is 0 Å². The van der Waals surface area contributed by atoms with E-state index in [0.717, 1.165) is 5.56 Å². The molecule has 0 saturated carbocycles. The molecule has 0 bridgehead atoms. The number of ketones is 1. The summed E-state index contributed by atoms with van der Waals surface area (Å²) in [7, 11) is -2.20. The molecule has 3 aromatic carbocycles. The van der Waals surface area contributed by atoms with Gasteiger partial charge in [-0.2, -0.15) is 0 Å². The molecular formula is C35H41ClN4O5S. The number of halogens is 1. The van der Waals surface area contributed by atoms with Gasteiger partial charge in [0.05, 0.1) is 21.8 Å². The lowest BCUT2D eigenvalue weighted by Gasteiger charge is -2.46. The van der Waals surface area contributed by atoms with Gasteiger partial charge in [-0.1, -0.05) is 72.3 Å². The molecule has 0 aromatic heterocycles. The summed E-state index contributed by atoms with van der Waals surface area (Å²) in [6.07, 6.45) is 3.23. The second-order valence-corrected chi connectivity index (χ2v) is 14.4. The number of nitrogens with zero attached hydrogens (tertiary/aromatic N) is 2. The van der Waals surface area contributed by atoms with Gasteiger partial charge in [0, 0.05) is 50.9 Å². The number of Topliss-reactive ketones (excluding diaryl/α,β-unsaturated/α-hetero) is 1. The number of β-amino-alcohol motifs (C(OH)–C–C–N with tert-alkyl or cyclic N) is 1. The fraction of sp³-hybridized carbons (Fsp3) is 0.371. The highest BCUT2D eigenvalue weighted by Crippen LogP contribution is 2.47. The highest BCUT2D eigenvalue weighted by Gasteiger charge is 2.60. The van der Waals surface area contributed by atoms with Crippen LogP contribution in [0.4, 0.5) is 0 Å². The lowest BCUT2D eigenvalue weighted by atomic mass is 9.66. The molecule has 2 saturated heterocycles. The van der Waals surface area contributed by atoms with Crippen LogP contribution in [-0.2, 0) is 26.8 Å². The van der Waals surface area contributed by atoms with E-state index in [-0.39, 0.29) is 42.1 Å². The Morgan fingerprint density at radius 1 is 1.04 bits per heavy atom. The zero-order valence-corrected chi connectivity index (χ0v) is 27.6. The minimum absolute atomic E-state index is 0.0318. The summed E-state index contributed by atoms with van der Waals surface area (Å²) >= 11 is 6.54. The Morgan fingerprint density at radius 2 is 1.70 bits per heavy atom. The molecule has 244 valence electrons. The van der Waals surface area contributed by atoms with Gasteiger partial charge in [0.2, 0.25) is 15.9 Å². The molecule has 3 aromatic rings. The average molecular weight is 665 g/mol. The van der Waals surface area contributed by atoms with Crippen molar-refractivity contribution in [3.8, 4) is 0 Å². The number of sulfonamides is 1. The monoisotopic (exact) mass is 664 g/mol. The summed E-state index contributed by atoms with van der Waals surface area (Å²) in [5.74, 6) is -0.264. The Morgan fingerprint density at radius 3 is 2.33 bits per heavy atom. The zero-order valence-electron chi connectivity index (χ0n) is 26.0. The lowest BCUT2D eigenvalue weighted by Crippen LogP contribution is -2.58. The quantitative estimate of drug-likeness (QED) is 0.200. The van der Waals surface area contributed by atoms with Crippen molar-refractivity contribution in [3.05, 3.63) is 113 Å². The second kappa shape index (κ2) is 14.2. The molecule has 0 aliphatic carbocycles. The normalized spacial score (nSPS) is 22.4. The van der Waals surface area contributed by atoms with Crippen molar-refractivity contribution < 1.29 is 23.1 Å². The molecule has 11 heteroatoms. The molecule has 2 heterocycles. The van der Waals surface area contributed by atoms with Crippen molar-refractivity contribution in [1.82, 2.24) is 19.8 Å². The first kappa shape index (κ1) is 34.0. The molecule has 2 aliphatic rings. The van der Waals surface area contributed by atoms with Crippen LogP contribution in [0.3, 0.4) is 0 Å². The number of benzene rings is 3. The maximum atomic E-state index is 14.5. The van der Waals surface area contributed by atoms with Crippen LogP contribution in [0.5, 0.6) is 0 Å². The Kier molecular flexibility index (Phi) is 10.5. The van der Waals surface area contributed by atoms with Crippen molar-refractivity contribution >= 4 is 33.3 Å². The second-order valence-electron chi connectivity index (χ2n) is 12.1. The van der Waals surface area contributed by atoms with Crippen molar-refractivity contribution in [2.45, 2.75) is 35.8 Å². The lowest BCUT2D eigenvalue weighted by molar-refractivity contribution is -0.133. The number of carbonyl (C=O) groups is 2. The number of amides is 1. The topological polar surface area (TPSA) is 119 Å². The summed E-state index contributed by atoms with van der Waals surface area (Å²) in [5, 5.41) is 16.0. The predicted octanol–water partition coefficient (Wildman–Crippen LogP) is 3.63. The zero-order chi connectivity index (χ0) is 33.0.